The summed E-state index contributed by atoms with van der Waals surface area (Å²) in [6.45, 7) is 9.77. The van der Waals surface area contributed by atoms with Crippen LogP contribution in [0.2, 0.25) is 5.02 Å². The van der Waals surface area contributed by atoms with Crippen molar-refractivity contribution in [2.45, 2.75) is 18.6 Å². The molecule has 1 unspecified atom stereocenters. The van der Waals surface area contributed by atoms with Gasteiger partial charge in [-0.15, -0.1) is 0 Å². The first-order valence-corrected chi connectivity index (χ1v) is 12.9. The van der Waals surface area contributed by atoms with Gasteiger partial charge in [0, 0.05) is 42.6 Å². The van der Waals surface area contributed by atoms with E-state index in [4.69, 9.17) is 27.9 Å². The van der Waals surface area contributed by atoms with Crippen molar-refractivity contribution >= 4 is 46.3 Å². The first-order valence-electron chi connectivity index (χ1n) is 12.6. The van der Waals surface area contributed by atoms with Crippen molar-refractivity contribution in [3.63, 3.8) is 0 Å². The molecule has 2 aliphatic heterocycles. The maximum Gasteiger partial charge on any atom is 0.416 e. The van der Waals surface area contributed by atoms with Gasteiger partial charge in [-0.25, -0.2) is 9.84 Å². The number of methoxy groups -OCH3 is 1. The second-order valence-electron chi connectivity index (χ2n) is 9.43. The maximum atomic E-state index is 13.7. The normalized spacial score (nSPS) is 17.1. The molecule has 1 atom stereocenters. The van der Waals surface area contributed by atoms with E-state index in [2.05, 4.69) is 9.74 Å². The molecule has 0 radical (unpaired) electrons. The van der Waals surface area contributed by atoms with E-state index in [9.17, 15) is 18.0 Å². The van der Waals surface area contributed by atoms with Crippen molar-refractivity contribution in [2.75, 3.05) is 43.1 Å². The number of hydrogen-bond donors (Lipinski definition) is 0. The fourth-order valence-electron chi connectivity index (χ4n) is 5.05. The molecular weight excluding hydrogens is 543 g/mol. The fraction of sp³-hybridized carbons (Fsp3) is 0.276. The summed E-state index contributed by atoms with van der Waals surface area (Å²) in [6.07, 6.45) is -4.71. The van der Waals surface area contributed by atoms with Gasteiger partial charge < -0.3 is 19.4 Å². The quantitative estimate of drug-likeness (QED) is 0.255. The van der Waals surface area contributed by atoms with Crippen LogP contribution in [0.4, 0.5) is 35.9 Å². The number of aliphatic imine (C=N–C) groups is 1. The number of fused-ring (bicyclic) bond motifs is 1. The number of ether oxygens (including phenoxy) is 1. The zero-order valence-corrected chi connectivity index (χ0v) is 22.3. The molecule has 0 amide bonds. The number of alkyl halides is 3. The van der Waals surface area contributed by atoms with Crippen molar-refractivity contribution in [2.24, 2.45) is 4.99 Å². The predicted octanol–water partition coefficient (Wildman–Crippen LogP) is 6.84. The molecule has 7 nitrogen and oxygen atoms in total. The van der Waals surface area contributed by atoms with E-state index >= 15 is 0 Å². The van der Waals surface area contributed by atoms with E-state index in [1.54, 1.807) is 29.2 Å². The van der Waals surface area contributed by atoms with E-state index in [-0.39, 0.29) is 12.1 Å². The van der Waals surface area contributed by atoms with Gasteiger partial charge in [0.25, 0.3) is 0 Å². The SMILES string of the molecule is [C-]#[N+]c1ccc2c(c1)C(CC(=O)OC)N(c1cccc(C(F)(F)F)c1)C(N1CCN(c3cccc(Cl)c3)CC1)=N2. The molecule has 11 heteroatoms. The number of halogens is 4. The van der Waals surface area contributed by atoms with E-state index in [0.717, 1.165) is 17.8 Å². The minimum absolute atomic E-state index is 0.150. The number of carbonyl (C=O) groups excluding carboxylic acids is 1. The van der Waals surface area contributed by atoms with Crippen molar-refractivity contribution in [1.82, 2.24) is 4.90 Å². The molecule has 206 valence electrons. The van der Waals surface area contributed by atoms with Crippen LogP contribution < -0.4 is 9.80 Å². The third kappa shape index (κ3) is 5.56. The maximum absolute atomic E-state index is 13.7. The summed E-state index contributed by atoms with van der Waals surface area (Å²) in [6, 6.07) is 16.8. The molecule has 1 fully saturated rings. The Morgan fingerprint density at radius 1 is 1.02 bits per heavy atom. The Balaban J connectivity index is 1.58. The highest BCUT2D eigenvalue weighted by Gasteiger charge is 2.38. The fourth-order valence-corrected chi connectivity index (χ4v) is 5.24. The Kier molecular flexibility index (Phi) is 7.59. The molecule has 0 spiro atoms. The molecule has 0 saturated carbocycles. The molecule has 3 aromatic rings. The molecular formula is C29H25ClF3N5O2. The second-order valence-corrected chi connectivity index (χ2v) is 9.87. The summed E-state index contributed by atoms with van der Waals surface area (Å²) >= 11 is 6.19. The highest BCUT2D eigenvalue weighted by molar-refractivity contribution is 6.30. The monoisotopic (exact) mass is 567 g/mol. The first-order chi connectivity index (χ1) is 19.2. The minimum atomic E-state index is -4.56. The zero-order chi connectivity index (χ0) is 28.4. The number of anilines is 2. The first kappa shape index (κ1) is 27.3. The van der Waals surface area contributed by atoms with Gasteiger partial charge in [0.05, 0.1) is 37.4 Å². The Morgan fingerprint density at radius 3 is 2.40 bits per heavy atom. The predicted molar refractivity (Wildman–Crippen MR) is 148 cm³/mol. The molecule has 0 aliphatic carbocycles. The third-order valence-electron chi connectivity index (χ3n) is 7.02. The lowest BCUT2D eigenvalue weighted by Gasteiger charge is -2.45. The Hall–Kier alpha value is -4.23. The number of guanidine groups is 1. The topological polar surface area (TPSA) is 52.7 Å². The average Bonchev–Trinajstić information content (AvgIpc) is 2.96. The van der Waals surface area contributed by atoms with Crippen LogP contribution in [-0.2, 0) is 15.7 Å². The molecule has 40 heavy (non-hydrogen) atoms. The van der Waals surface area contributed by atoms with Crippen LogP contribution in [0.3, 0.4) is 0 Å². The van der Waals surface area contributed by atoms with Crippen molar-refractivity contribution in [3.8, 4) is 0 Å². The standard InChI is InChI=1S/C29H25ClF3N5O2/c1-34-21-9-10-25-24(17-21)26(18-27(39)40-2)38(23-8-3-5-19(15-23)29(31,32)33)28(35-25)37-13-11-36(12-14-37)22-7-4-6-20(30)16-22/h3-10,15-17,26H,11-14,18H2,2H3. The molecule has 0 N–H and O–H groups in total. The molecule has 2 heterocycles. The molecule has 2 aliphatic rings. The summed E-state index contributed by atoms with van der Waals surface area (Å²) in [5, 5.41) is 0.633. The number of esters is 1. The Bertz CT molecular complexity index is 1500. The zero-order valence-electron chi connectivity index (χ0n) is 21.5. The summed E-state index contributed by atoms with van der Waals surface area (Å²) in [4.78, 5) is 26.8. The van der Waals surface area contributed by atoms with Gasteiger partial charge in [0.15, 0.2) is 5.69 Å². The second kappa shape index (κ2) is 11.1. The lowest BCUT2D eigenvalue weighted by Crippen LogP contribution is -2.55. The minimum Gasteiger partial charge on any atom is -0.469 e. The van der Waals surface area contributed by atoms with Crippen molar-refractivity contribution < 1.29 is 22.7 Å². The van der Waals surface area contributed by atoms with Gasteiger partial charge in [-0.05, 0) is 54.1 Å². The molecule has 1 saturated heterocycles. The largest absolute Gasteiger partial charge is 0.469 e. The van der Waals surface area contributed by atoms with Gasteiger partial charge in [-0.3, -0.25) is 4.79 Å². The number of hydrogen-bond acceptors (Lipinski definition) is 6. The van der Waals surface area contributed by atoms with Crippen molar-refractivity contribution in [1.29, 1.82) is 0 Å². The lowest BCUT2D eigenvalue weighted by molar-refractivity contribution is -0.141. The number of carbonyl (C=O) groups is 1. The van der Waals surface area contributed by atoms with Crippen LogP contribution in [0.5, 0.6) is 0 Å². The van der Waals surface area contributed by atoms with Crippen LogP contribution in [0.1, 0.15) is 23.6 Å². The molecule has 3 aromatic carbocycles. The third-order valence-corrected chi connectivity index (χ3v) is 7.26. The Morgan fingerprint density at radius 2 is 1.73 bits per heavy atom. The molecule has 0 bridgehead atoms. The molecule has 0 aromatic heterocycles. The number of piperazine rings is 1. The van der Waals surface area contributed by atoms with E-state index in [0.29, 0.717) is 54.1 Å². The lowest BCUT2D eigenvalue weighted by atomic mass is 9.96. The van der Waals surface area contributed by atoms with Gasteiger partial charge in [-0.1, -0.05) is 29.8 Å². The van der Waals surface area contributed by atoms with Crippen LogP contribution in [0.15, 0.2) is 71.7 Å². The van der Waals surface area contributed by atoms with Gasteiger partial charge in [0.1, 0.15) is 0 Å². The highest BCUT2D eigenvalue weighted by atomic mass is 35.5. The van der Waals surface area contributed by atoms with Crippen LogP contribution in [0.25, 0.3) is 4.85 Å². The molecule has 5 rings (SSSR count). The highest BCUT2D eigenvalue weighted by Crippen LogP contribution is 2.43. The Labute approximate surface area is 234 Å². The smallest absolute Gasteiger partial charge is 0.416 e. The number of nitrogens with zero attached hydrogens (tertiary/aromatic N) is 5. The van der Waals surface area contributed by atoms with Gasteiger partial charge >= 0.3 is 12.1 Å². The number of rotatable bonds is 4. The summed E-state index contributed by atoms with van der Waals surface area (Å²) in [5.41, 5.74) is 1.86. The summed E-state index contributed by atoms with van der Waals surface area (Å²) < 4.78 is 46.2. The van der Waals surface area contributed by atoms with Gasteiger partial charge in [0.2, 0.25) is 5.96 Å². The summed E-state index contributed by atoms with van der Waals surface area (Å²) in [7, 11) is 1.26. The van der Waals surface area contributed by atoms with Gasteiger partial charge in [-0.2, -0.15) is 13.2 Å². The van der Waals surface area contributed by atoms with Crippen LogP contribution in [-0.4, -0.2) is 50.1 Å². The average molecular weight is 568 g/mol. The van der Waals surface area contributed by atoms with E-state index < -0.39 is 23.8 Å². The van der Waals surface area contributed by atoms with E-state index in [1.807, 2.05) is 29.2 Å². The van der Waals surface area contributed by atoms with Crippen LogP contribution in [0, 0.1) is 6.57 Å². The van der Waals surface area contributed by atoms with Crippen LogP contribution >= 0.6 is 11.6 Å². The summed E-state index contributed by atoms with van der Waals surface area (Å²) in [5.74, 6) is -0.102. The van der Waals surface area contributed by atoms with E-state index in [1.165, 1.54) is 13.2 Å². The van der Waals surface area contributed by atoms with Crippen molar-refractivity contribution in [3.05, 3.63) is 94.3 Å². The number of benzene rings is 3.